The molecule has 2 atom stereocenters. The van der Waals surface area contributed by atoms with Crippen molar-refractivity contribution in [1.82, 2.24) is 5.32 Å². The fourth-order valence-electron chi connectivity index (χ4n) is 2.44. The lowest BCUT2D eigenvalue weighted by molar-refractivity contribution is -0.137. The third-order valence-corrected chi connectivity index (χ3v) is 3.39. The summed E-state index contributed by atoms with van der Waals surface area (Å²) in [5.74, 6) is -0.219. The summed E-state index contributed by atoms with van der Waals surface area (Å²) < 4.78 is 5.37. The standard InChI is InChI=1S/C15H23NO4/c1-9-7-10(2)15(20-4)11(8-9)14(19)12(16-3)5-6-13(17)18/h7-8,12,14,16,19H,5-6H2,1-4H3,(H,17,18). The molecule has 5 nitrogen and oxygen atoms in total. The molecule has 0 aliphatic carbocycles. The van der Waals surface area contributed by atoms with Gasteiger partial charge in [0, 0.05) is 18.0 Å². The van der Waals surface area contributed by atoms with E-state index in [4.69, 9.17) is 9.84 Å². The van der Waals surface area contributed by atoms with E-state index in [1.165, 1.54) is 0 Å². The van der Waals surface area contributed by atoms with Gasteiger partial charge in [0.05, 0.1) is 13.2 Å². The summed E-state index contributed by atoms with van der Waals surface area (Å²) >= 11 is 0. The summed E-state index contributed by atoms with van der Waals surface area (Å²) in [5, 5.41) is 22.3. The maximum atomic E-state index is 10.7. The Labute approximate surface area is 119 Å². The predicted molar refractivity (Wildman–Crippen MR) is 77.1 cm³/mol. The van der Waals surface area contributed by atoms with Crippen LogP contribution in [0.1, 0.15) is 35.6 Å². The highest BCUT2D eigenvalue weighted by Crippen LogP contribution is 2.32. The van der Waals surface area contributed by atoms with Crippen molar-refractivity contribution in [3.63, 3.8) is 0 Å². The summed E-state index contributed by atoms with van der Waals surface area (Å²) in [6.45, 7) is 3.88. The minimum atomic E-state index is -0.871. The highest BCUT2D eigenvalue weighted by molar-refractivity contribution is 5.66. The first kappa shape index (κ1) is 16.5. The first-order valence-corrected chi connectivity index (χ1v) is 6.63. The van der Waals surface area contributed by atoms with E-state index in [0.717, 1.165) is 11.1 Å². The summed E-state index contributed by atoms with van der Waals surface area (Å²) in [5.41, 5.74) is 2.68. The molecule has 0 aliphatic rings. The van der Waals surface area contributed by atoms with Gasteiger partial charge in [0.25, 0.3) is 0 Å². The van der Waals surface area contributed by atoms with Crippen LogP contribution >= 0.6 is 0 Å². The van der Waals surface area contributed by atoms with Crippen LogP contribution in [0.3, 0.4) is 0 Å². The van der Waals surface area contributed by atoms with Crippen molar-refractivity contribution in [1.29, 1.82) is 0 Å². The van der Waals surface area contributed by atoms with Crippen LogP contribution < -0.4 is 10.1 Å². The predicted octanol–water partition coefficient (Wildman–Crippen LogP) is 1.80. The Bertz CT molecular complexity index is 473. The SMILES string of the molecule is CNC(CCC(=O)O)C(O)c1cc(C)cc(C)c1OC. The highest BCUT2D eigenvalue weighted by Gasteiger charge is 2.24. The normalized spacial score (nSPS) is 13.8. The van der Waals surface area contributed by atoms with E-state index >= 15 is 0 Å². The average Bonchev–Trinajstić information content (AvgIpc) is 2.38. The van der Waals surface area contributed by atoms with Crippen molar-refractivity contribution < 1.29 is 19.7 Å². The molecule has 5 heteroatoms. The molecule has 112 valence electrons. The van der Waals surface area contributed by atoms with Gasteiger partial charge in [-0.1, -0.05) is 11.6 Å². The number of aliphatic hydroxyl groups is 1. The maximum Gasteiger partial charge on any atom is 0.303 e. The number of benzene rings is 1. The highest BCUT2D eigenvalue weighted by atomic mass is 16.5. The Balaban J connectivity index is 3.05. The van der Waals surface area contributed by atoms with Crippen LogP contribution in [0.25, 0.3) is 0 Å². The molecule has 0 aliphatic heterocycles. The third kappa shape index (κ3) is 3.95. The molecule has 1 rings (SSSR count). The quantitative estimate of drug-likeness (QED) is 0.710. The summed E-state index contributed by atoms with van der Waals surface area (Å²) in [7, 11) is 3.28. The van der Waals surface area contributed by atoms with Gasteiger partial charge in [0.15, 0.2) is 0 Å². The lowest BCUT2D eigenvalue weighted by Crippen LogP contribution is -2.33. The van der Waals surface area contributed by atoms with Crippen molar-refractivity contribution >= 4 is 5.97 Å². The summed E-state index contributed by atoms with van der Waals surface area (Å²) in [6, 6.07) is 3.53. The van der Waals surface area contributed by atoms with E-state index in [0.29, 0.717) is 17.7 Å². The molecule has 0 bridgehead atoms. The second-order valence-electron chi connectivity index (χ2n) is 4.98. The first-order valence-electron chi connectivity index (χ1n) is 6.63. The Morgan fingerprint density at radius 2 is 2.05 bits per heavy atom. The molecular weight excluding hydrogens is 258 g/mol. The molecule has 0 radical (unpaired) electrons. The van der Waals surface area contributed by atoms with E-state index in [2.05, 4.69) is 5.32 Å². The summed E-state index contributed by atoms with van der Waals surface area (Å²) in [6.07, 6.45) is -0.452. The third-order valence-electron chi connectivity index (χ3n) is 3.39. The minimum absolute atomic E-state index is 0.00960. The molecule has 20 heavy (non-hydrogen) atoms. The van der Waals surface area contributed by atoms with Gasteiger partial charge in [0.1, 0.15) is 5.75 Å². The first-order chi connectivity index (χ1) is 9.40. The Hall–Kier alpha value is -1.59. The van der Waals surface area contributed by atoms with Crippen LogP contribution in [0.15, 0.2) is 12.1 Å². The number of ether oxygens (including phenoxy) is 1. The Kier molecular flexibility index (Phi) is 5.98. The van der Waals surface area contributed by atoms with Crippen molar-refractivity contribution in [3.8, 4) is 5.75 Å². The van der Waals surface area contributed by atoms with Crippen molar-refractivity contribution in [3.05, 3.63) is 28.8 Å². The van der Waals surface area contributed by atoms with E-state index in [-0.39, 0.29) is 12.5 Å². The van der Waals surface area contributed by atoms with Crippen LogP contribution in [-0.4, -0.2) is 36.4 Å². The molecule has 0 amide bonds. The van der Waals surface area contributed by atoms with Crippen molar-refractivity contribution in [2.45, 2.75) is 38.8 Å². The van der Waals surface area contributed by atoms with E-state index in [1.807, 2.05) is 26.0 Å². The van der Waals surface area contributed by atoms with Gasteiger partial charge in [-0.05, 0) is 38.9 Å². The largest absolute Gasteiger partial charge is 0.496 e. The molecule has 0 saturated carbocycles. The van der Waals surface area contributed by atoms with Crippen molar-refractivity contribution in [2.75, 3.05) is 14.2 Å². The lowest BCUT2D eigenvalue weighted by atomic mass is 9.94. The monoisotopic (exact) mass is 281 g/mol. The zero-order valence-corrected chi connectivity index (χ0v) is 12.4. The van der Waals surface area contributed by atoms with Crippen LogP contribution in [0.4, 0.5) is 0 Å². The van der Waals surface area contributed by atoms with E-state index < -0.39 is 12.1 Å². The lowest BCUT2D eigenvalue weighted by Gasteiger charge is -2.25. The van der Waals surface area contributed by atoms with Gasteiger partial charge < -0.3 is 20.3 Å². The smallest absolute Gasteiger partial charge is 0.303 e. The molecule has 0 fully saturated rings. The number of nitrogens with one attached hydrogen (secondary N) is 1. The number of aliphatic carboxylic acids is 1. The molecular formula is C15H23NO4. The Morgan fingerprint density at radius 3 is 2.55 bits per heavy atom. The van der Waals surface area contributed by atoms with Crippen molar-refractivity contribution in [2.24, 2.45) is 0 Å². The van der Waals surface area contributed by atoms with Crippen LogP contribution in [0.5, 0.6) is 5.75 Å². The topological polar surface area (TPSA) is 78.8 Å². The van der Waals surface area contributed by atoms with Gasteiger partial charge in [0.2, 0.25) is 0 Å². The van der Waals surface area contributed by atoms with Gasteiger partial charge >= 0.3 is 5.97 Å². The van der Waals surface area contributed by atoms with Crippen LogP contribution in [-0.2, 0) is 4.79 Å². The molecule has 1 aromatic carbocycles. The fourth-order valence-corrected chi connectivity index (χ4v) is 2.44. The zero-order chi connectivity index (χ0) is 15.3. The number of likely N-dealkylation sites (N-methyl/N-ethyl adjacent to an activating group) is 1. The molecule has 0 spiro atoms. The fraction of sp³-hybridized carbons (Fsp3) is 0.533. The minimum Gasteiger partial charge on any atom is -0.496 e. The number of rotatable bonds is 7. The Morgan fingerprint density at radius 1 is 1.40 bits per heavy atom. The second-order valence-corrected chi connectivity index (χ2v) is 4.98. The average molecular weight is 281 g/mol. The number of carboxylic acids is 1. The number of methoxy groups -OCH3 is 1. The molecule has 0 saturated heterocycles. The van der Waals surface area contributed by atoms with Crippen LogP contribution in [0, 0.1) is 13.8 Å². The number of aryl methyl sites for hydroxylation is 2. The molecule has 2 unspecified atom stereocenters. The van der Waals surface area contributed by atoms with Gasteiger partial charge in [-0.2, -0.15) is 0 Å². The number of aliphatic hydroxyl groups excluding tert-OH is 1. The van der Waals surface area contributed by atoms with Crippen LogP contribution in [0.2, 0.25) is 0 Å². The van der Waals surface area contributed by atoms with Gasteiger partial charge in [-0.15, -0.1) is 0 Å². The second kappa shape index (κ2) is 7.26. The number of hydrogen-bond acceptors (Lipinski definition) is 4. The number of carboxylic acid groups (broad SMARTS) is 1. The molecule has 3 N–H and O–H groups in total. The number of carbonyl (C=O) groups is 1. The summed E-state index contributed by atoms with van der Waals surface area (Å²) in [4.78, 5) is 10.7. The van der Waals surface area contributed by atoms with Gasteiger partial charge in [-0.3, -0.25) is 4.79 Å². The zero-order valence-electron chi connectivity index (χ0n) is 12.4. The van der Waals surface area contributed by atoms with E-state index in [9.17, 15) is 9.90 Å². The number of hydrogen-bond donors (Lipinski definition) is 3. The van der Waals surface area contributed by atoms with Gasteiger partial charge in [-0.25, -0.2) is 0 Å². The van der Waals surface area contributed by atoms with E-state index in [1.54, 1.807) is 14.2 Å². The molecule has 0 aromatic heterocycles. The maximum absolute atomic E-state index is 10.7. The molecule has 0 heterocycles. The molecule has 1 aromatic rings.